The largest absolute Gasteiger partial charge is 0.491 e. The van der Waals surface area contributed by atoms with Gasteiger partial charge in [0.15, 0.2) is 0 Å². The first-order chi connectivity index (χ1) is 8.22. The summed E-state index contributed by atoms with van der Waals surface area (Å²) in [5.41, 5.74) is 7.55. The zero-order chi connectivity index (χ0) is 12.3. The first-order valence-corrected chi connectivity index (χ1v) is 5.75. The molecular formula is C13H17N3O. The maximum atomic E-state index is 5.87. The molecule has 0 fully saturated rings. The van der Waals surface area contributed by atoms with Gasteiger partial charge in [-0.25, -0.2) is 4.98 Å². The topological polar surface area (TPSA) is 53.1 Å². The predicted octanol–water partition coefficient (Wildman–Crippen LogP) is 2.55. The first-order valence-electron chi connectivity index (χ1n) is 5.75. The van der Waals surface area contributed by atoms with Crippen LogP contribution in [0.25, 0.3) is 5.69 Å². The number of hydrogen-bond acceptors (Lipinski definition) is 3. The van der Waals surface area contributed by atoms with Gasteiger partial charge >= 0.3 is 0 Å². The van der Waals surface area contributed by atoms with E-state index in [2.05, 4.69) is 11.9 Å². The van der Waals surface area contributed by atoms with Crippen molar-refractivity contribution in [2.75, 3.05) is 12.3 Å². The molecule has 1 aromatic carbocycles. The SMILES string of the molecule is CCCOc1cc(-n2ccnc2C)ccc1N. The van der Waals surface area contributed by atoms with Gasteiger partial charge < -0.3 is 15.0 Å². The molecule has 0 aliphatic rings. The lowest BCUT2D eigenvalue weighted by molar-refractivity contribution is 0.319. The van der Waals surface area contributed by atoms with Crippen molar-refractivity contribution in [3.8, 4) is 11.4 Å². The fourth-order valence-corrected chi connectivity index (χ4v) is 1.66. The molecule has 0 aliphatic carbocycles. The third-order valence-corrected chi connectivity index (χ3v) is 2.56. The van der Waals surface area contributed by atoms with Crippen LogP contribution in [0.1, 0.15) is 19.2 Å². The van der Waals surface area contributed by atoms with Crippen molar-refractivity contribution in [1.82, 2.24) is 9.55 Å². The van der Waals surface area contributed by atoms with Gasteiger partial charge in [0.2, 0.25) is 0 Å². The zero-order valence-corrected chi connectivity index (χ0v) is 10.2. The van der Waals surface area contributed by atoms with Crippen molar-refractivity contribution >= 4 is 5.69 Å². The molecule has 2 rings (SSSR count). The smallest absolute Gasteiger partial charge is 0.144 e. The third kappa shape index (κ3) is 2.41. The van der Waals surface area contributed by atoms with Crippen LogP contribution in [0.4, 0.5) is 5.69 Å². The van der Waals surface area contributed by atoms with E-state index in [4.69, 9.17) is 10.5 Å². The predicted molar refractivity (Wildman–Crippen MR) is 68.5 cm³/mol. The summed E-state index contributed by atoms with van der Waals surface area (Å²) in [4.78, 5) is 4.20. The molecule has 0 atom stereocenters. The number of nitrogens with zero attached hydrogens (tertiary/aromatic N) is 2. The molecular weight excluding hydrogens is 214 g/mol. The Bertz CT molecular complexity index is 505. The number of rotatable bonds is 4. The Morgan fingerprint density at radius 3 is 2.88 bits per heavy atom. The minimum absolute atomic E-state index is 0.667. The highest BCUT2D eigenvalue weighted by atomic mass is 16.5. The van der Waals surface area contributed by atoms with E-state index in [1.54, 1.807) is 6.20 Å². The number of aromatic nitrogens is 2. The molecule has 2 aromatic rings. The Morgan fingerprint density at radius 2 is 2.24 bits per heavy atom. The second kappa shape index (κ2) is 4.91. The number of nitrogen functional groups attached to an aromatic ring is 1. The van der Waals surface area contributed by atoms with Gasteiger partial charge in [0.1, 0.15) is 11.6 Å². The summed E-state index contributed by atoms with van der Waals surface area (Å²) in [5, 5.41) is 0. The van der Waals surface area contributed by atoms with Crippen LogP contribution < -0.4 is 10.5 Å². The summed E-state index contributed by atoms with van der Waals surface area (Å²) in [6, 6.07) is 5.77. The quantitative estimate of drug-likeness (QED) is 0.823. The van der Waals surface area contributed by atoms with Crippen molar-refractivity contribution < 1.29 is 4.74 Å². The molecule has 0 aliphatic heterocycles. The molecule has 90 valence electrons. The molecule has 1 heterocycles. The molecule has 0 radical (unpaired) electrons. The fourth-order valence-electron chi connectivity index (χ4n) is 1.66. The van der Waals surface area contributed by atoms with Crippen LogP contribution in [-0.2, 0) is 0 Å². The van der Waals surface area contributed by atoms with E-state index in [0.29, 0.717) is 12.3 Å². The van der Waals surface area contributed by atoms with Crippen molar-refractivity contribution in [2.24, 2.45) is 0 Å². The molecule has 0 amide bonds. The summed E-state index contributed by atoms with van der Waals surface area (Å²) in [6.07, 6.45) is 4.66. The number of imidazole rings is 1. The minimum atomic E-state index is 0.667. The summed E-state index contributed by atoms with van der Waals surface area (Å²) in [6.45, 7) is 4.71. The number of anilines is 1. The van der Waals surface area contributed by atoms with Crippen LogP contribution in [-0.4, -0.2) is 16.2 Å². The van der Waals surface area contributed by atoms with Crippen molar-refractivity contribution in [1.29, 1.82) is 0 Å². The molecule has 0 unspecified atom stereocenters. The van der Waals surface area contributed by atoms with Gasteiger partial charge in [-0.05, 0) is 25.5 Å². The van der Waals surface area contributed by atoms with E-state index in [9.17, 15) is 0 Å². The number of hydrogen-bond donors (Lipinski definition) is 1. The Labute approximate surface area is 101 Å². The fraction of sp³-hybridized carbons (Fsp3) is 0.308. The Morgan fingerprint density at radius 1 is 1.41 bits per heavy atom. The van der Waals surface area contributed by atoms with Gasteiger partial charge in [0.05, 0.1) is 18.0 Å². The highest BCUT2D eigenvalue weighted by molar-refractivity contribution is 5.57. The molecule has 0 saturated carbocycles. The minimum Gasteiger partial charge on any atom is -0.491 e. The normalized spacial score (nSPS) is 10.5. The Hall–Kier alpha value is -1.97. The molecule has 0 saturated heterocycles. The summed E-state index contributed by atoms with van der Waals surface area (Å²) < 4.78 is 7.60. The zero-order valence-electron chi connectivity index (χ0n) is 10.2. The molecule has 4 nitrogen and oxygen atoms in total. The van der Waals surface area contributed by atoms with E-state index >= 15 is 0 Å². The van der Waals surface area contributed by atoms with Gasteiger partial charge in [-0.15, -0.1) is 0 Å². The number of aryl methyl sites for hydroxylation is 1. The highest BCUT2D eigenvalue weighted by Crippen LogP contribution is 2.25. The summed E-state index contributed by atoms with van der Waals surface area (Å²) in [7, 11) is 0. The molecule has 17 heavy (non-hydrogen) atoms. The molecule has 2 N–H and O–H groups in total. The number of benzene rings is 1. The number of ether oxygens (including phenoxy) is 1. The lowest BCUT2D eigenvalue weighted by atomic mass is 10.2. The van der Waals surface area contributed by atoms with Gasteiger partial charge in [-0.1, -0.05) is 6.92 Å². The van der Waals surface area contributed by atoms with Crippen molar-refractivity contribution in [3.63, 3.8) is 0 Å². The molecule has 0 spiro atoms. The van der Waals surface area contributed by atoms with Crippen LogP contribution in [0.5, 0.6) is 5.75 Å². The standard InChI is InChI=1S/C13H17N3O/c1-3-8-17-13-9-11(4-5-12(13)14)16-7-6-15-10(16)2/h4-7,9H,3,8,14H2,1-2H3. The maximum Gasteiger partial charge on any atom is 0.144 e. The summed E-state index contributed by atoms with van der Waals surface area (Å²) in [5.74, 6) is 1.67. The van der Waals surface area contributed by atoms with E-state index in [0.717, 1.165) is 23.7 Å². The van der Waals surface area contributed by atoms with E-state index in [1.165, 1.54) is 0 Å². The van der Waals surface area contributed by atoms with E-state index < -0.39 is 0 Å². The van der Waals surface area contributed by atoms with Crippen molar-refractivity contribution in [2.45, 2.75) is 20.3 Å². The first kappa shape index (κ1) is 11.5. The van der Waals surface area contributed by atoms with E-state index in [1.807, 2.05) is 35.9 Å². The molecule has 1 aromatic heterocycles. The Balaban J connectivity index is 2.34. The van der Waals surface area contributed by atoms with Crippen LogP contribution in [0.2, 0.25) is 0 Å². The lowest BCUT2D eigenvalue weighted by Gasteiger charge is -2.11. The second-order valence-electron chi connectivity index (χ2n) is 3.92. The van der Waals surface area contributed by atoms with Gasteiger partial charge in [-0.2, -0.15) is 0 Å². The average Bonchev–Trinajstić information content (AvgIpc) is 2.75. The second-order valence-corrected chi connectivity index (χ2v) is 3.92. The van der Waals surface area contributed by atoms with Gasteiger partial charge in [-0.3, -0.25) is 0 Å². The average molecular weight is 231 g/mol. The molecule has 0 bridgehead atoms. The number of nitrogens with two attached hydrogens (primary N) is 1. The highest BCUT2D eigenvalue weighted by Gasteiger charge is 2.05. The summed E-state index contributed by atoms with van der Waals surface area (Å²) >= 11 is 0. The van der Waals surface area contributed by atoms with E-state index in [-0.39, 0.29) is 0 Å². The van der Waals surface area contributed by atoms with Gasteiger partial charge in [0.25, 0.3) is 0 Å². The van der Waals surface area contributed by atoms with Crippen LogP contribution >= 0.6 is 0 Å². The maximum absolute atomic E-state index is 5.87. The lowest BCUT2D eigenvalue weighted by Crippen LogP contribution is -2.01. The third-order valence-electron chi connectivity index (χ3n) is 2.56. The van der Waals surface area contributed by atoms with Crippen LogP contribution in [0.15, 0.2) is 30.6 Å². The monoisotopic (exact) mass is 231 g/mol. The van der Waals surface area contributed by atoms with Crippen LogP contribution in [0, 0.1) is 6.92 Å². The van der Waals surface area contributed by atoms with Crippen LogP contribution in [0.3, 0.4) is 0 Å². The Kier molecular flexibility index (Phi) is 3.32. The molecule has 4 heteroatoms. The van der Waals surface area contributed by atoms with Gasteiger partial charge in [0, 0.05) is 18.5 Å². The van der Waals surface area contributed by atoms with Crippen molar-refractivity contribution in [3.05, 3.63) is 36.4 Å².